The molecule has 0 spiro atoms. The maximum Gasteiger partial charge on any atom is 0.127 e. The van der Waals surface area contributed by atoms with Crippen molar-refractivity contribution in [3.63, 3.8) is 0 Å². The van der Waals surface area contributed by atoms with Crippen LogP contribution in [0.15, 0.2) is 24.3 Å². The Morgan fingerprint density at radius 2 is 0.469 bits per heavy atom. The lowest BCUT2D eigenvalue weighted by Gasteiger charge is -2.29. The molecule has 0 aliphatic heterocycles. The zero-order valence-electron chi connectivity index (χ0n) is 39.5. The van der Waals surface area contributed by atoms with Crippen LogP contribution >= 0.6 is 0 Å². The Bertz CT molecular complexity index is 1800. The standard InChI is InChI=1S/C52H76N4O8/c1-9-13-17-53-25-41-45(57)33-21-34(46(41)58)30(6)36-23-38(50(62)43(48(36)60)27-55-19-15-11-3)32(8)40-24-39(51(63)44(52(40)64)28-56-20-16-12-4)31(7)37-22-35(29(33)5)47(59)42(49(37)61)26-54-18-14-10-2/h21-24,29-32,53-64H,9-20,25-28H2,1-8H3. The van der Waals surface area contributed by atoms with Crippen LogP contribution in [0.5, 0.6) is 46.0 Å². The van der Waals surface area contributed by atoms with Gasteiger partial charge in [-0.25, -0.2) is 0 Å². The van der Waals surface area contributed by atoms with Crippen molar-refractivity contribution in [2.75, 3.05) is 26.2 Å². The largest absolute Gasteiger partial charge is 0.507 e. The molecule has 0 fully saturated rings. The number of aromatic hydroxyl groups is 8. The number of rotatable bonds is 20. The van der Waals surface area contributed by atoms with Gasteiger partial charge in [0.1, 0.15) is 46.0 Å². The second-order valence-electron chi connectivity index (χ2n) is 17.9. The smallest absolute Gasteiger partial charge is 0.127 e. The van der Waals surface area contributed by atoms with E-state index in [9.17, 15) is 40.9 Å². The normalized spacial score (nSPS) is 17.2. The van der Waals surface area contributed by atoms with Gasteiger partial charge in [-0.15, -0.1) is 0 Å². The summed E-state index contributed by atoms with van der Waals surface area (Å²) in [7, 11) is 0. The Hall–Kier alpha value is -4.88. The molecule has 8 bridgehead atoms. The maximum absolute atomic E-state index is 12.2. The number of phenols is 8. The monoisotopic (exact) mass is 885 g/mol. The zero-order chi connectivity index (χ0) is 46.8. The lowest BCUT2D eigenvalue weighted by Crippen LogP contribution is -2.18. The van der Waals surface area contributed by atoms with E-state index < -0.39 is 23.7 Å². The third-order valence-corrected chi connectivity index (χ3v) is 13.5. The first-order valence-corrected chi connectivity index (χ1v) is 23.8. The van der Waals surface area contributed by atoms with Gasteiger partial charge in [-0.3, -0.25) is 0 Å². The Kier molecular flexibility index (Phi) is 17.9. The van der Waals surface area contributed by atoms with Crippen molar-refractivity contribution in [2.45, 2.75) is 157 Å². The van der Waals surface area contributed by atoms with Crippen molar-refractivity contribution in [1.82, 2.24) is 21.3 Å². The van der Waals surface area contributed by atoms with Crippen molar-refractivity contribution in [3.8, 4) is 46.0 Å². The average Bonchev–Trinajstić information content (AvgIpc) is 3.27. The highest BCUT2D eigenvalue weighted by Crippen LogP contribution is 2.53. The van der Waals surface area contributed by atoms with Gasteiger partial charge in [-0.2, -0.15) is 0 Å². The Morgan fingerprint density at radius 3 is 0.609 bits per heavy atom. The van der Waals surface area contributed by atoms with Crippen LogP contribution in [0.3, 0.4) is 0 Å². The van der Waals surface area contributed by atoms with Gasteiger partial charge < -0.3 is 62.1 Å². The van der Waals surface area contributed by atoms with Gasteiger partial charge in [0.05, 0.1) is 22.3 Å². The predicted octanol–water partition coefficient (Wildman–Crippen LogP) is 9.81. The topological polar surface area (TPSA) is 210 Å². The van der Waals surface area contributed by atoms with Crippen LogP contribution in [0, 0.1) is 0 Å². The molecule has 0 saturated carbocycles. The summed E-state index contributed by atoms with van der Waals surface area (Å²) >= 11 is 0. The van der Waals surface area contributed by atoms with Crippen LogP contribution in [0.4, 0.5) is 0 Å². The molecule has 0 unspecified atom stereocenters. The molecule has 12 nitrogen and oxygen atoms in total. The number of fused-ring (bicyclic) bond motifs is 8. The van der Waals surface area contributed by atoms with Crippen LogP contribution in [0.2, 0.25) is 0 Å². The van der Waals surface area contributed by atoms with Crippen molar-refractivity contribution < 1.29 is 40.9 Å². The van der Waals surface area contributed by atoms with Gasteiger partial charge in [0.15, 0.2) is 0 Å². The SMILES string of the molecule is CCCCNCc1c(O)c2cc(c1O)C(C)c1cc(c(O)c(CNCCCC)c1O)C(C)c1cc(c(O)c(CNCCCC)c1O)C(C)c1cc(c(O)c(CNCCCC)c1O)C2C. The highest BCUT2D eigenvalue weighted by atomic mass is 16.3. The third kappa shape index (κ3) is 10.5. The second kappa shape index (κ2) is 22.8. The highest BCUT2D eigenvalue weighted by Gasteiger charge is 2.34. The lowest BCUT2D eigenvalue weighted by molar-refractivity contribution is 0.412. The first-order valence-electron chi connectivity index (χ1n) is 23.8. The molecule has 0 radical (unpaired) electrons. The van der Waals surface area contributed by atoms with Crippen LogP contribution < -0.4 is 21.3 Å². The van der Waals surface area contributed by atoms with Gasteiger partial charge in [0, 0.05) is 94.4 Å². The Balaban J connectivity index is 1.92. The van der Waals surface area contributed by atoms with Crippen LogP contribution in [0.25, 0.3) is 0 Å². The van der Waals surface area contributed by atoms with Crippen LogP contribution in [0.1, 0.15) is 197 Å². The average molecular weight is 885 g/mol. The Morgan fingerprint density at radius 1 is 0.312 bits per heavy atom. The molecule has 0 aromatic heterocycles. The number of benzene rings is 4. The molecule has 352 valence electrons. The molecule has 12 N–H and O–H groups in total. The van der Waals surface area contributed by atoms with E-state index in [1.54, 1.807) is 24.3 Å². The second-order valence-corrected chi connectivity index (χ2v) is 17.9. The first kappa shape index (κ1) is 50.1. The molecule has 0 amide bonds. The van der Waals surface area contributed by atoms with Gasteiger partial charge in [0.25, 0.3) is 0 Å². The fourth-order valence-electron chi connectivity index (χ4n) is 9.10. The molecular formula is C52H76N4O8. The number of unbranched alkanes of at least 4 members (excludes halogenated alkanes) is 4. The molecule has 64 heavy (non-hydrogen) atoms. The molecule has 4 aromatic carbocycles. The first-order chi connectivity index (χ1) is 30.7. The molecule has 1 aliphatic rings. The van der Waals surface area contributed by atoms with Gasteiger partial charge in [0.2, 0.25) is 0 Å². The van der Waals surface area contributed by atoms with Crippen molar-refractivity contribution in [3.05, 3.63) is 91.0 Å². The summed E-state index contributed by atoms with van der Waals surface area (Å²) in [6.45, 7) is 19.0. The van der Waals surface area contributed by atoms with Crippen molar-refractivity contribution >= 4 is 0 Å². The molecule has 0 saturated heterocycles. The van der Waals surface area contributed by atoms with Gasteiger partial charge in [-0.05, 0) is 76.1 Å². The minimum absolute atomic E-state index is 0.137. The van der Waals surface area contributed by atoms with Gasteiger partial charge in [-0.1, -0.05) is 81.1 Å². The van der Waals surface area contributed by atoms with E-state index in [1.807, 2.05) is 27.7 Å². The molecular weight excluding hydrogens is 809 g/mol. The fourth-order valence-corrected chi connectivity index (χ4v) is 9.10. The van der Waals surface area contributed by atoms with E-state index >= 15 is 0 Å². The summed E-state index contributed by atoms with van der Waals surface area (Å²) in [5.41, 5.74) is 4.48. The summed E-state index contributed by atoms with van der Waals surface area (Å²) in [4.78, 5) is 0. The molecule has 5 rings (SSSR count). The summed E-state index contributed by atoms with van der Waals surface area (Å²) in [5.74, 6) is -3.88. The van der Waals surface area contributed by atoms with E-state index in [-0.39, 0.29) is 94.4 Å². The number of hydrogen-bond donors (Lipinski definition) is 12. The van der Waals surface area contributed by atoms with Crippen molar-refractivity contribution in [1.29, 1.82) is 0 Å². The lowest BCUT2D eigenvalue weighted by atomic mass is 9.78. The van der Waals surface area contributed by atoms with Crippen LogP contribution in [-0.4, -0.2) is 67.0 Å². The fraction of sp³-hybridized carbons (Fsp3) is 0.538. The molecule has 4 aromatic rings. The van der Waals surface area contributed by atoms with E-state index in [4.69, 9.17) is 0 Å². The summed E-state index contributed by atoms with van der Waals surface area (Å²) in [5, 5.41) is 111. The van der Waals surface area contributed by atoms with E-state index in [1.165, 1.54) is 0 Å². The van der Waals surface area contributed by atoms with E-state index in [2.05, 4.69) is 49.0 Å². The predicted molar refractivity (Wildman–Crippen MR) is 256 cm³/mol. The number of phenolic OH excluding ortho intramolecular Hbond substituents is 8. The van der Waals surface area contributed by atoms with E-state index in [0.717, 1.165) is 51.4 Å². The quantitative estimate of drug-likeness (QED) is 0.0375. The van der Waals surface area contributed by atoms with Crippen molar-refractivity contribution in [2.24, 2.45) is 0 Å². The van der Waals surface area contributed by atoms with E-state index in [0.29, 0.717) is 70.7 Å². The highest BCUT2D eigenvalue weighted by molar-refractivity contribution is 5.67. The Labute approximate surface area is 380 Å². The molecule has 0 atom stereocenters. The zero-order valence-corrected chi connectivity index (χ0v) is 39.5. The van der Waals surface area contributed by atoms with Crippen LogP contribution in [-0.2, 0) is 26.2 Å². The molecule has 12 heteroatoms. The minimum Gasteiger partial charge on any atom is -0.507 e. The summed E-state index contributed by atoms with van der Waals surface area (Å²) in [6, 6.07) is 6.90. The molecule has 0 heterocycles. The molecule has 1 aliphatic carbocycles. The third-order valence-electron chi connectivity index (χ3n) is 13.5. The maximum atomic E-state index is 12.2. The number of hydrogen-bond acceptors (Lipinski definition) is 12. The minimum atomic E-state index is -0.695. The summed E-state index contributed by atoms with van der Waals surface area (Å²) < 4.78 is 0. The number of nitrogens with one attached hydrogen (secondary N) is 4. The van der Waals surface area contributed by atoms with Gasteiger partial charge >= 0.3 is 0 Å². The summed E-state index contributed by atoms with van der Waals surface area (Å²) in [6.07, 6.45) is 7.36.